The Morgan fingerprint density at radius 2 is 2.18 bits per heavy atom. The van der Waals surface area contributed by atoms with Crippen molar-refractivity contribution in [2.45, 2.75) is 0 Å². The highest BCUT2D eigenvalue weighted by Crippen LogP contribution is 2.18. The fourth-order valence-corrected chi connectivity index (χ4v) is 1.74. The molecule has 3 aromatic heterocycles. The Morgan fingerprint density at radius 3 is 3.00 bits per heavy atom. The van der Waals surface area contributed by atoms with Gasteiger partial charge in [0, 0.05) is 18.5 Å². The van der Waals surface area contributed by atoms with E-state index < -0.39 is 0 Å². The number of aromatic amines is 1. The minimum Gasteiger partial charge on any atom is -0.319 e. The van der Waals surface area contributed by atoms with Crippen molar-refractivity contribution in [2.24, 2.45) is 0 Å². The number of rotatable bonds is 1. The van der Waals surface area contributed by atoms with Gasteiger partial charge in [-0.25, -0.2) is 4.98 Å². The first-order valence-corrected chi connectivity index (χ1v) is 5.18. The number of H-pyrrole nitrogens is 1. The first kappa shape index (κ1) is 9.98. The summed E-state index contributed by atoms with van der Waals surface area (Å²) in [4.78, 5) is 17.8. The predicted octanol–water partition coefficient (Wildman–Crippen LogP) is 1.13. The minimum atomic E-state index is -0.195. The summed E-state index contributed by atoms with van der Waals surface area (Å²) in [7, 11) is 0. The van der Waals surface area contributed by atoms with Gasteiger partial charge >= 0.3 is 0 Å². The summed E-state index contributed by atoms with van der Waals surface area (Å²) < 4.78 is 1.67. The van der Waals surface area contributed by atoms with E-state index in [2.05, 4.69) is 20.2 Å². The van der Waals surface area contributed by atoms with Crippen LogP contribution < -0.4 is 5.56 Å². The van der Waals surface area contributed by atoms with Gasteiger partial charge in [0.25, 0.3) is 0 Å². The van der Waals surface area contributed by atoms with Crippen molar-refractivity contribution < 1.29 is 0 Å². The molecule has 0 bridgehead atoms. The molecule has 17 heavy (non-hydrogen) atoms. The molecule has 0 aliphatic rings. The zero-order valence-electron chi connectivity index (χ0n) is 8.46. The van der Waals surface area contributed by atoms with Crippen LogP contribution in [0.2, 0.25) is 5.15 Å². The second kappa shape index (κ2) is 3.67. The number of aromatic nitrogens is 5. The van der Waals surface area contributed by atoms with Gasteiger partial charge in [0.1, 0.15) is 0 Å². The van der Waals surface area contributed by atoms with Crippen LogP contribution in [-0.4, -0.2) is 24.6 Å². The van der Waals surface area contributed by atoms with E-state index in [0.29, 0.717) is 17.2 Å². The van der Waals surface area contributed by atoms with Crippen molar-refractivity contribution >= 4 is 17.2 Å². The molecule has 0 aliphatic carbocycles. The van der Waals surface area contributed by atoms with Crippen molar-refractivity contribution in [3.05, 3.63) is 46.1 Å². The Morgan fingerprint density at radius 1 is 1.29 bits per heavy atom. The van der Waals surface area contributed by atoms with E-state index in [1.807, 2.05) is 0 Å². The molecule has 6 nitrogen and oxygen atoms in total. The lowest BCUT2D eigenvalue weighted by atomic mass is 10.3. The van der Waals surface area contributed by atoms with Crippen LogP contribution in [0.5, 0.6) is 0 Å². The maximum absolute atomic E-state index is 11.2. The molecule has 0 saturated carbocycles. The summed E-state index contributed by atoms with van der Waals surface area (Å²) in [6.45, 7) is 0. The molecular weight excluding hydrogens is 242 g/mol. The van der Waals surface area contributed by atoms with E-state index >= 15 is 0 Å². The highest BCUT2D eigenvalue weighted by molar-refractivity contribution is 6.32. The molecule has 0 amide bonds. The largest absolute Gasteiger partial charge is 0.319 e. The lowest BCUT2D eigenvalue weighted by Gasteiger charge is -1.99. The molecule has 84 valence electrons. The summed E-state index contributed by atoms with van der Waals surface area (Å²) in [5, 5.41) is 8.17. The Hall–Kier alpha value is -2.21. The first-order chi connectivity index (χ1) is 8.25. The van der Waals surface area contributed by atoms with Crippen LogP contribution in [0, 0.1) is 0 Å². The zero-order valence-corrected chi connectivity index (χ0v) is 9.22. The number of nitrogens with zero attached hydrogens (tertiary/aromatic N) is 4. The van der Waals surface area contributed by atoms with Gasteiger partial charge in [-0.2, -0.15) is 0 Å². The lowest BCUT2D eigenvalue weighted by molar-refractivity contribution is 1.08. The molecule has 0 saturated heterocycles. The highest BCUT2D eigenvalue weighted by Gasteiger charge is 2.10. The van der Waals surface area contributed by atoms with Crippen molar-refractivity contribution in [3.8, 4) is 11.5 Å². The first-order valence-electron chi connectivity index (χ1n) is 4.80. The van der Waals surface area contributed by atoms with Crippen molar-refractivity contribution in [1.29, 1.82) is 0 Å². The molecule has 7 heteroatoms. The molecule has 1 N–H and O–H groups in total. The SMILES string of the molecule is O=c1cccc(-c2nnc3c(Cl)nccn23)[nH]1. The number of halogens is 1. The van der Waals surface area contributed by atoms with Gasteiger partial charge in [-0.05, 0) is 6.07 Å². The smallest absolute Gasteiger partial charge is 0.248 e. The number of fused-ring (bicyclic) bond motifs is 1. The van der Waals surface area contributed by atoms with E-state index in [-0.39, 0.29) is 10.7 Å². The quantitative estimate of drug-likeness (QED) is 0.699. The van der Waals surface area contributed by atoms with E-state index in [9.17, 15) is 4.79 Å². The standard InChI is InChI=1S/C10H6ClN5O/c11-8-10-15-14-9(16(10)5-4-12-8)6-2-1-3-7(17)13-6/h1-5H,(H,13,17). The van der Waals surface area contributed by atoms with Gasteiger partial charge in [0.05, 0.1) is 5.69 Å². The number of hydrogen-bond donors (Lipinski definition) is 1. The summed E-state index contributed by atoms with van der Waals surface area (Å²) in [6.07, 6.45) is 3.23. The molecule has 3 aromatic rings. The van der Waals surface area contributed by atoms with Gasteiger partial charge in [-0.1, -0.05) is 17.7 Å². The van der Waals surface area contributed by atoms with Crippen LogP contribution in [0.15, 0.2) is 35.4 Å². The molecule has 0 atom stereocenters. The Balaban J connectivity index is 2.32. The molecule has 3 heterocycles. The van der Waals surface area contributed by atoms with Gasteiger partial charge in [0.2, 0.25) is 5.56 Å². The Labute approximate surface area is 99.9 Å². The zero-order chi connectivity index (χ0) is 11.8. The Bertz CT molecular complexity index is 748. The summed E-state index contributed by atoms with van der Waals surface area (Å²) in [5.41, 5.74) is 0.834. The highest BCUT2D eigenvalue weighted by atomic mass is 35.5. The molecule has 0 spiro atoms. The van der Waals surface area contributed by atoms with Gasteiger partial charge < -0.3 is 4.98 Å². The second-order valence-electron chi connectivity index (χ2n) is 3.36. The van der Waals surface area contributed by atoms with E-state index in [1.54, 1.807) is 28.9 Å². The van der Waals surface area contributed by atoms with Crippen molar-refractivity contribution in [1.82, 2.24) is 24.6 Å². The molecular formula is C10H6ClN5O. The maximum Gasteiger partial charge on any atom is 0.248 e. The van der Waals surface area contributed by atoms with Crippen LogP contribution in [0.25, 0.3) is 17.2 Å². The monoisotopic (exact) mass is 247 g/mol. The number of hydrogen-bond acceptors (Lipinski definition) is 4. The second-order valence-corrected chi connectivity index (χ2v) is 3.72. The molecule has 0 aliphatic heterocycles. The molecule has 0 aromatic carbocycles. The molecule has 0 fully saturated rings. The van der Waals surface area contributed by atoms with Gasteiger partial charge in [-0.15, -0.1) is 10.2 Å². The van der Waals surface area contributed by atoms with E-state index in [1.165, 1.54) is 6.07 Å². The van der Waals surface area contributed by atoms with Crippen LogP contribution in [0.1, 0.15) is 0 Å². The maximum atomic E-state index is 11.2. The van der Waals surface area contributed by atoms with Crippen molar-refractivity contribution in [2.75, 3.05) is 0 Å². The fourth-order valence-electron chi connectivity index (χ4n) is 1.56. The average Bonchev–Trinajstić information content (AvgIpc) is 2.74. The Kier molecular flexibility index (Phi) is 2.15. The third-order valence-electron chi connectivity index (χ3n) is 2.29. The van der Waals surface area contributed by atoms with Crippen LogP contribution in [0.3, 0.4) is 0 Å². The summed E-state index contributed by atoms with van der Waals surface area (Å²) in [6, 6.07) is 4.82. The predicted molar refractivity (Wildman–Crippen MR) is 61.8 cm³/mol. The van der Waals surface area contributed by atoms with Gasteiger partial charge in [-0.3, -0.25) is 9.20 Å². The third-order valence-corrected chi connectivity index (χ3v) is 2.56. The third kappa shape index (κ3) is 1.58. The van der Waals surface area contributed by atoms with E-state index in [0.717, 1.165) is 0 Å². The molecule has 3 rings (SSSR count). The van der Waals surface area contributed by atoms with Crippen molar-refractivity contribution in [3.63, 3.8) is 0 Å². The van der Waals surface area contributed by atoms with E-state index in [4.69, 9.17) is 11.6 Å². The summed E-state index contributed by atoms with van der Waals surface area (Å²) in [5.74, 6) is 0.516. The number of nitrogens with one attached hydrogen (secondary N) is 1. The molecule has 0 unspecified atom stereocenters. The molecule has 0 radical (unpaired) electrons. The average molecular weight is 248 g/mol. The van der Waals surface area contributed by atoms with Crippen LogP contribution in [-0.2, 0) is 0 Å². The number of pyridine rings is 1. The lowest BCUT2D eigenvalue weighted by Crippen LogP contribution is -2.05. The summed E-state index contributed by atoms with van der Waals surface area (Å²) >= 11 is 5.88. The van der Waals surface area contributed by atoms with Gasteiger partial charge in [0.15, 0.2) is 16.6 Å². The van der Waals surface area contributed by atoms with Crippen LogP contribution in [0.4, 0.5) is 0 Å². The topological polar surface area (TPSA) is 75.9 Å². The normalized spacial score (nSPS) is 10.9. The fraction of sp³-hybridized carbons (Fsp3) is 0. The minimum absolute atomic E-state index is 0.195. The van der Waals surface area contributed by atoms with Crippen LogP contribution >= 0.6 is 11.6 Å².